The molecule has 1 aromatic heterocycles. The van der Waals surface area contributed by atoms with E-state index in [4.69, 9.17) is 0 Å². The third-order valence-electron chi connectivity index (χ3n) is 3.81. The summed E-state index contributed by atoms with van der Waals surface area (Å²) < 4.78 is 0. The summed E-state index contributed by atoms with van der Waals surface area (Å²) in [5.74, 6) is 0.720. The van der Waals surface area contributed by atoms with Gasteiger partial charge in [-0.05, 0) is 18.6 Å². The molecule has 1 amide bonds. The molecular formula is C18H31N5O. The second-order valence-corrected chi connectivity index (χ2v) is 5.80. The van der Waals surface area contributed by atoms with Gasteiger partial charge in [-0.2, -0.15) is 0 Å². The molecule has 134 valence electrons. The predicted molar refractivity (Wildman–Crippen MR) is 99.1 cm³/mol. The minimum absolute atomic E-state index is 0.0415. The lowest BCUT2D eigenvalue weighted by atomic mass is 10.2. The van der Waals surface area contributed by atoms with E-state index < -0.39 is 0 Å². The Balaban J connectivity index is 2.22. The lowest BCUT2D eigenvalue weighted by molar-refractivity contribution is -0.128. The first-order valence-corrected chi connectivity index (χ1v) is 8.75. The molecule has 0 bridgehead atoms. The van der Waals surface area contributed by atoms with Crippen molar-refractivity contribution in [2.24, 2.45) is 4.99 Å². The van der Waals surface area contributed by atoms with Crippen LogP contribution < -0.4 is 10.6 Å². The number of pyridine rings is 1. The molecule has 0 fully saturated rings. The number of nitrogens with zero attached hydrogens (tertiary/aromatic N) is 3. The van der Waals surface area contributed by atoms with Crippen molar-refractivity contribution in [3.8, 4) is 0 Å². The molecule has 0 saturated heterocycles. The Labute approximate surface area is 145 Å². The van der Waals surface area contributed by atoms with Gasteiger partial charge in [0.05, 0.1) is 6.54 Å². The van der Waals surface area contributed by atoms with Crippen LogP contribution in [-0.4, -0.2) is 55.5 Å². The summed E-state index contributed by atoms with van der Waals surface area (Å²) in [6, 6.07) is 5.83. The zero-order valence-corrected chi connectivity index (χ0v) is 15.2. The van der Waals surface area contributed by atoms with Crippen molar-refractivity contribution >= 4 is 11.9 Å². The molecule has 0 aliphatic carbocycles. The molecule has 0 unspecified atom stereocenters. The van der Waals surface area contributed by atoms with Gasteiger partial charge >= 0.3 is 0 Å². The maximum absolute atomic E-state index is 12.2. The summed E-state index contributed by atoms with van der Waals surface area (Å²) >= 11 is 0. The van der Waals surface area contributed by atoms with Crippen molar-refractivity contribution in [1.29, 1.82) is 0 Å². The van der Waals surface area contributed by atoms with Gasteiger partial charge in [0.1, 0.15) is 0 Å². The van der Waals surface area contributed by atoms with Crippen LogP contribution >= 0.6 is 0 Å². The first-order valence-electron chi connectivity index (χ1n) is 8.75. The van der Waals surface area contributed by atoms with E-state index in [0.717, 1.165) is 25.1 Å². The first-order chi connectivity index (χ1) is 11.7. The highest BCUT2D eigenvalue weighted by atomic mass is 16.2. The van der Waals surface area contributed by atoms with Crippen LogP contribution in [0.3, 0.4) is 0 Å². The van der Waals surface area contributed by atoms with Gasteiger partial charge in [0, 0.05) is 45.5 Å². The van der Waals surface area contributed by atoms with Crippen molar-refractivity contribution in [3.05, 3.63) is 30.1 Å². The van der Waals surface area contributed by atoms with Crippen LogP contribution in [0.15, 0.2) is 29.4 Å². The SMILES string of the molecule is CCCCCCNC(=NC)NCC(=O)N(C)CCc1ccccn1. The normalized spacial score (nSPS) is 11.2. The van der Waals surface area contributed by atoms with Crippen molar-refractivity contribution in [3.63, 3.8) is 0 Å². The average molecular weight is 333 g/mol. The number of guanidine groups is 1. The van der Waals surface area contributed by atoms with Gasteiger partial charge in [-0.1, -0.05) is 32.3 Å². The Morgan fingerprint density at radius 1 is 1.25 bits per heavy atom. The molecule has 0 radical (unpaired) electrons. The maximum Gasteiger partial charge on any atom is 0.241 e. The molecule has 0 atom stereocenters. The largest absolute Gasteiger partial charge is 0.356 e. The van der Waals surface area contributed by atoms with Crippen LogP contribution in [0, 0.1) is 0 Å². The highest BCUT2D eigenvalue weighted by Crippen LogP contribution is 1.97. The number of hydrogen-bond donors (Lipinski definition) is 2. The van der Waals surface area contributed by atoms with E-state index >= 15 is 0 Å². The molecule has 1 rings (SSSR count). The summed E-state index contributed by atoms with van der Waals surface area (Å²) in [7, 11) is 3.53. The van der Waals surface area contributed by atoms with Crippen LogP contribution in [0.1, 0.15) is 38.3 Å². The zero-order valence-electron chi connectivity index (χ0n) is 15.2. The fraction of sp³-hybridized carbons (Fsp3) is 0.611. The van der Waals surface area contributed by atoms with Gasteiger partial charge in [-0.3, -0.25) is 14.8 Å². The number of aromatic nitrogens is 1. The smallest absolute Gasteiger partial charge is 0.241 e. The number of carbonyl (C=O) groups excluding carboxylic acids is 1. The third-order valence-corrected chi connectivity index (χ3v) is 3.81. The lowest BCUT2D eigenvalue weighted by Crippen LogP contribution is -2.44. The molecule has 2 N–H and O–H groups in total. The number of likely N-dealkylation sites (N-methyl/N-ethyl adjacent to an activating group) is 1. The van der Waals surface area contributed by atoms with Crippen molar-refractivity contribution in [1.82, 2.24) is 20.5 Å². The van der Waals surface area contributed by atoms with Gasteiger partial charge in [0.25, 0.3) is 0 Å². The fourth-order valence-corrected chi connectivity index (χ4v) is 2.23. The Bertz CT molecular complexity index is 489. The van der Waals surface area contributed by atoms with Gasteiger partial charge in [0.2, 0.25) is 5.91 Å². The van der Waals surface area contributed by atoms with Crippen LogP contribution in [-0.2, 0) is 11.2 Å². The molecule has 24 heavy (non-hydrogen) atoms. The van der Waals surface area contributed by atoms with E-state index in [9.17, 15) is 4.79 Å². The first kappa shape index (κ1) is 19.9. The molecule has 0 aliphatic heterocycles. The maximum atomic E-state index is 12.2. The molecule has 6 nitrogen and oxygen atoms in total. The Morgan fingerprint density at radius 2 is 2.08 bits per heavy atom. The van der Waals surface area contributed by atoms with Gasteiger partial charge < -0.3 is 15.5 Å². The second kappa shape index (κ2) is 12.3. The van der Waals surface area contributed by atoms with Gasteiger partial charge in [-0.25, -0.2) is 0 Å². The average Bonchev–Trinajstić information content (AvgIpc) is 2.62. The number of hydrogen-bond acceptors (Lipinski definition) is 3. The standard InChI is InChI=1S/C18H31N5O/c1-4-5-6-8-13-21-18(19-2)22-15-17(24)23(3)14-11-16-10-7-9-12-20-16/h7,9-10,12H,4-6,8,11,13-15H2,1-3H3,(H2,19,21,22). The highest BCUT2D eigenvalue weighted by Gasteiger charge is 2.09. The number of unbranched alkanes of at least 4 members (excludes halogenated alkanes) is 3. The highest BCUT2D eigenvalue weighted by molar-refractivity contribution is 5.86. The lowest BCUT2D eigenvalue weighted by Gasteiger charge is -2.18. The van der Waals surface area contributed by atoms with E-state index in [0.29, 0.717) is 12.5 Å². The second-order valence-electron chi connectivity index (χ2n) is 5.80. The topological polar surface area (TPSA) is 69.6 Å². The summed E-state index contributed by atoms with van der Waals surface area (Å²) in [5, 5.41) is 6.31. The van der Waals surface area contributed by atoms with Gasteiger partial charge in [0.15, 0.2) is 5.96 Å². The van der Waals surface area contributed by atoms with E-state index in [2.05, 4.69) is 27.5 Å². The van der Waals surface area contributed by atoms with E-state index in [-0.39, 0.29) is 12.5 Å². The number of nitrogens with one attached hydrogen (secondary N) is 2. The number of rotatable bonds is 10. The Hall–Kier alpha value is -2.11. The quantitative estimate of drug-likeness (QED) is 0.389. The van der Waals surface area contributed by atoms with Crippen molar-refractivity contribution in [2.75, 3.05) is 33.7 Å². The van der Waals surface area contributed by atoms with E-state index in [1.165, 1.54) is 19.3 Å². The van der Waals surface area contributed by atoms with E-state index in [1.54, 1.807) is 18.1 Å². The molecule has 1 heterocycles. The summed E-state index contributed by atoms with van der Waals surface area (Å²) in [6.45, 7) is 3.97. The molecular weight excluding hydrogens is 302 g/mol. The monoisotopic (exact) mass is 333 g/mol. The summed E-state index contributed by atoms with van der Waals surface area (Å²) in [5.41, 5.74) is 0.995. The minimum Gasteiger partial charge on any atom is -0.356 e. The van der Waals surface area contributed by atoms with Crippen molar-refractivity contribution in [2.45, 2.75) is 39.0 Å². The van der Waals surface area contributed by atoms with Crippen LogP contribution in [0.5, 0.6) is 0 Å². The summed E-state index contributed by atoms with van der Waals surface area (Å²) in [4.78, 5) is 22.3. The van der Waals surface area contributed by atoms with Crippen LogP contribution in [0.4, 0.5) is 0 Å². The third kappa shape index (κ3) is 8.50. The summed E-state index contributed by atoms with van der Waals surface area (Å²) in [6.07, 6.45) is 7.35. The van der Waals surface area contributed by atoms with Crippen molar-refractivity contribution < 1.29 is 4.79 Å². The Morgan fingerprint density at radius 3 is 2.75 bits per heavy atom. The number of carbonyl (C=O) groups is 1. The molecule has 0 aromatic carbocycles. The molecule has 0 spiro atoms. The van der Waals surface area contributed by atoms with Crippen LogP contribution in [0.2, 0.25) is 0 Å². The number of amides is 1. The molecule has 6 heteroatoms. The van der Waals surface area contributed by atoms with E-state index in [1.807, 2.05) is 25.2 Å². The molecule has 0 aliphatic rings. The zero-order chi connectivity index (χ0) is 17.6. The minimum atomic E-state index is 0.0415. The Kier molecular flexibility index (Phi) is 10.2. The molecule has 0 saturated carbocycles. The van der Waals surface area contributed by atoms with Crippen LogP contribution in [0.25, 0.3) is 0 Å². The van der Waals surface area contributed by atoms with Gasteiger partial charge in [-0.15, -0.1) is 0 Å². The number of aliphatic imine (C=N–C) groups is 1. The predicted octanol–water partition coefficient (Wildman–Crippen LogP) is 1.83. The fourth-order valence-electron chi connectivity index (χ4n) is 2.23. The molecule has 1 aromatic rings.